The summed E-state index contributed by atoms with van der Waals surface area (Å²) in [6.45, 7) is 0.975. The van der Waals surface area contributed by atoms with Crippen LogP contribution in [0.5, 0.6) is 0 Å². The lowest BCUT2D eigenvalue weighted by Gasteiger charge is -2.03. The molecule has 78 valence electrons. The fourth-order valence-corrected chi connectivity index (χ4v) is 1.47. The Balaban J connectivity index is 2.11. The van der Waals surface area contributed by atoms with Crippen molar-refractivity contribution in [3.8, 4) is 0 Å². The van der Waals surface area contributed by atoms with Crippen LogP contribution >= 0.6 is 0 Å². The Morgan fingerprint density at radius 1 is 1.47 bits per heavy atom. The van der Waals surface area contributed by atoms with E-state index >= 15 is 0 Å². The van der Waals surface area contributed by atoms with Crippen molar-refractivity contribution in [1.82, 2.24) is 14.9 Å². The summed E-state index contributed by atoms with van der Waals surface area (Å²) in [4.78, 5) is 14.5. The number of fused-ring (bicyclic) bond motifs is 1. The van der Waals surface area contributed by atoms with Crippen LogP contribution in [0.3, 0.4) is 0 Å². The normalized spacial score (nSPS) is 10.4. The van der Waals surface area contributed by atoms with Crippen LogP contribution in [-0.4, -0.2) is 27.3 Å². The van der Waals surface area contributed by atoms with Crippen LogP contribution in [0, 0.1) is 0 Å². The van der Waals surface area contributed by atoms with E-state index in [0.717, 1.165) is 11.0 Å². The van der Waals surface area contributed by atoms with Crippen molar-refractivity contribution in [3.05, 3.63) is 30.6 Å². The molecule has 1 aromatic heterocycles. The summed E-state index contributed by atoms with van der Waals surface area (Å²) < 4.78 is 1.92. The van der Waals surface area contributed by atoms with E-state index < -0.39 is 6.09 Å². The van der Waals surface area contributed by atoms with E-state index in [1.807, 2.05) is 28.8 Å². The van der Waals surface area contributed by atoms with Gasteiger partial charge in [-0.15, -0.1) is 0 Å². The molecule has 0 atom stereocenters. The molecule has 1 heterocycles. The van der Waals surface area contributed by atoms with Gasteiger partial charge in [-0.05, 0) is 12.1 Å². The average molecular weight is 205 g/mol. The Morgan fingerprint density at radius 2 is 2.27 bits per heavy atom. The summed E-state index contributed by atoms with van der Waals surface area (Å²) >= 11 is 0. The van der Waals surface area contributed by atoms with Gasteiger partial charge in [0.2, 0.25) is 0 Å². The highest BCUT2D eigenvalue weighted by Crippen LogP contribution is 2.10. The lowest BCUT2D eigenvalue weighted by molar-refractivity contribution is 0.194. The Kier molecular flexibility index (Phi) is 2.53. The Morgan fingerprint density at radius 3 is 3.07 bits per heavy atom. The molecule has 0 fully saturated rings. The van der Waals surface area contributed by atoms with E-state index in [2.05, 4.69) is 10.3 Å². The first kappa shape index (κ1) is 9.51. The van der Waals surface area contributed by atoms with E-state index in [1.165, 1.54) is 0 Å². The second kappa shape index (κ2) is 4.00. The molecule has 5 nitrogen and oxygen atoms in total. The number of aromatic nitrogens is 2. The van der Waals surface area contributed by atoms with Crippen LogP contribution in [0.15, 0.2) is 30.6 Å². The smallest absolute Gasteiger partial charge is 0.404 e. The molecule has 1 amide bonds. The molecule has 0 saturated carbocycles. The van der Waals surface area contributed by atoms with Crippen LogP contribution in [0.1, 0.15) is 0 Å². The maximum absolute atomic E-state index is 10.3. The molecule has 2 N–H and O–H groups in total. The zero-order valence-electron chi connectivity index (χ0n) is 8.05. The number of amides is 1. The maximum Gasteiger partial charge on any atom is 0.404 e. The van der Waals surface area contributed by atoms with Crippen molar-refractivity contribution in [1.29, 1.82) is 0 Å². The molecule has 0 aliphatic carbocycles. The van der Waals surface area contributed by atoms with Gasteiger partial charge in [0.1, 0.15) is 0 Å². The van der Waals surface area contributed by atoms with Gasteiger partial charge in [-0.1, -0.05) is 12.1 Å². The van der Waals surface area contributed by atoms with E-state index in [4.69, 9.17) is 5.11 Å². The van der Waals surface area contributed by atoms with Gasteiger partial charge in [0.15, 0.2) is 0 Å². The van der Waals surface area contributed by atoms with Crippen LogP contribution < -0.4 is 5.32 Å². The van der Waals surface area contributed by atoms with Gasteiger partial charge in [0, 0.05) is 13.1 Å². The number of nitrogens with one attached hydrogen (secondary N) is 1. The van der Waals surface area contributed by atoms with Crippen molar-refractivity contribution in [2.45, 2.75) is 6.54 Å². The van der Waals surface area contributed by atoms with E-state index in [0.29, 0.717) is 13.1 Å². The Bertz CT molecular complexity index is 478. The fourth-order valence-electron chi connectivity index (χ4n) is 1.47. The zero-order chi connectivity index (χ0) is 10.7. The van der Waals surface area contributed by atoms with Gasteiger partial charge >= 0.3 is 6.09 Å². The van der Waals surface area contributed by atoms with Crippen molar-refractivity contribution in [2.75, 3.05) is 6.54 Å². The van der Waals surface area contributed by atoms with Crippen molar-refractivity contribution in [3.63, 3.8) is 0 Å². The Labute approximate surface area is 86.4 Å². The first-order valence-corrected chi connectivity index (χ1v) is 4.64. The van der Waals surface area contributed by atoms with Crippen molar-refractivity contribution in [2.24, 2.45) is 0 Å². The lowest BCUT2D eigenvalue weighted by atomic mass is 10.3. The highest BCUT2D eigenvalue weighted by molar-refractivity contribution is 5.74. The highest BCUT2D eigenvalue weighted by atomic mass is 16.4. The van der Waals surface area contributed by atoms with Crippen LogP contribution in [0.25, 0.3) is 11.0 Å². The van der Waals surface area contributed by atoms with E-state index in [9.17, 15) is 4.79 Å². The molecule has 0 radical (unpaired) electrons. The molecule has 0 unspecified atom stereocenters. The minimum absolute atomic E-state index is 0.385. The number of hydrogen-bond acceptors (Lipinski definition) is 2. The zero-order valence-corrected chi connectivity index (χ0v) is 8.05. The van der Waals surface area contributed by atoms with Crippen molar-refractivity contribution >= 4 is 17.1 Å². The largest absolute Gasteiger partial charge is 0.465 e. The Hall–Kier alpha value is -2.04. The molecule has 2 aromatic rings. The third kappa shape index (κ3) is 2.07. The summed E-state index contributed by atoms with van der Waals surface area (Å²) in [5.74, 6) is 0. The summed E-state index contributed by atoms with van der Waals surface area (Å²) in [7, 11) is 0. The second-order valence-corrected chi connectivity index (χ2v) is 3.16. The average Bonchev–Trinajstić information content (AvgIpc) is 2.62. The predicted octanol–water partition coefficient (Wildman–Crippen LogP) is 1.30. The molecule has 0 aliphatic heterocycles. The number of nitrogens with zero attached hydrogens (tertiary/aromatic N) is 2. The lowest BCUT2D eigenvalue weighted by Crippen LogP contribution is -2.24. The summed E-state index contributed by atoms with van der Waals surface area (Å²) in [5.41, 5.74) is 1.94. The van der Waals surface area contributed by atoms with Crippen LogP contribution in [0.2, 0.25) is 0 Å². The quantitative estimate of drug-likeness (QED) is 0.793. The molecule has 15 heavy (non-hydrogen) atoms. The predicted molar refractivity (Wildman–Crippen MR) is 55.8 cm³/mol. The van der Waals surface area contributed by atoms with Gasteiger partial charge in [-0.2, -0.15) is 0 Å². The summed E-state index contributed by atoms with van der Waals surface area (Å²) in [5, 5.41) is 10.7. The third-order valence-corrected chi connectivity index (χ3v) is 2.16. The number of imidazole rings is 1. The minimum atomic E-state index is -1.00. The molecule has 1 aromatic carbocycles. The maximum atomic E-state index is 10.3. The number of carbonyl (C=O) groups is 1. The van der Waals surface area contributed by atoms with Crippen LogP contribution in [0.4, 0.5) is 4.79 Å². The summed E-state index contributed by atoms with van der Waals surface area (Å²) in [6, 6.07) is 7.75. The second-order valence-electron chi connectivity index (χ2n) is 3.16. The van der Waals surface area contributed by atoms with Crippen molar-refractivity contribution < 1.29 is 9.90 Å². The van der Waals surface area contributed by atoms with Gasteiger partial charge in [-0.25, -0.2) is 9.78 Å². The van der Waals surface area contributed by atoms with E-state index in [1.54, 1.807) is 6.33 Å². The first-order chi connectivity index (χ1) is 7.27. The summed E-state index contributed by atoms with van der Waals surface area (Å²) in [6.07, 6.45) is 0.716. The number of hydrogen-bond donors (Lipinski definition) is 2. The molecule has 5 heteroatoms. The molecular weight excluding hydrogens is 194 g/mol. The number of para-hydroxylation sites is 2. The topological polar surface area (TPSA) is 67.2 Å². The van der Waals surface area contributed by atoms with E-state index in [-0.39, 0.29) is 0 Å². The monoisotopic (exact) mass is 205 g/mol. The van der Waals surface area contributed by atoms with Gasteiger partial charge in [0.05, 0.1) is 17.4 Å². The molecule has 0 bridgehead atoms. The molecule has 0 spiro atoms. The van der Waals surface area contributed by atoms with Gasteiger partial charge in [0.25, 0.3) is 0 Å². The SMILES string of the molecule is O=C(O)NCCn1cnc2ccccc21. The van der Waals surface area contributed by atoms with Gasteiger partial charge in [-0.3, -0.25) is 0 Å². The van der Waals surface area contributed by atoms with Gasteiger partial charge < -0.3 is 15.0 Å². The number of rotatable bonds is 3. The molecule has 2 rings (SSSR count). The standard InChI is InChI=1S/C10H11N3O2/c14-10(15)11-5-6-13-7-12-8-3-1-2-4-9(8)13/h1-4,7,11H,5-6H2,(H,14,15). The number of benzene rings is 1. The van der Waals surface area contributed by atoms with Crippen LogP contribution in [-0.2, 0) is 6.54 Å². The minimum Gasteiger partial charge on any atom is -0.465 e. The number of carboxylic acid groups (broad SMARTS) is 1. The first-order valence-electron chi connectivity index (χ1n) is 4.64. The highest BCUT2D eigenvalue weighted by Gasteiger charge is 2.01. The molecule has 0 saturated heterocycles. The fraction of sp³-hybridized carbons (Fsp3) is 0.200. The third-order valence-electron chi connectivity index (χ3n) is 2.16. The molecule has 0 aliphatic rings. The molecular formula is C10H11N3O2.